The molecule has 0 unspecified atom stereocenters. The third-order valence-corrected chi connectivity index (χ3v) is 1.14. The molecular weight excluding hydrogens is 164 g/mol. The molecular formula is C4H8N6O2. The topological polar surface area (TPSA) is 91.3 Å². The van der Waals surface area contributed by atoms with Crippen LogP contribution in [0.5, 0.6) is 0 Å². The molecule has 0 spiro atoms. The number of tetrazole rings is 1. The minimum Gasteiger partial charge on any atom is -0.596 e. The molecule has 0 aromatic carbocycles. The van der Waals surface area contributed by atoms with E-state index in [1.54, 1.807) is 6.92 Å². The van der Waals surface area contributed by atoms with Gasteiger partial charge in [-0.3, -0.25) is 0 Å². The van der Waals surface area contributed by atoms with E-state index in [9.17, 15) is 5.21 Å². The highest BCUT2D eigenvalue weighted by molar-refractivity contribution is 4.70. The lowest BCUT2D eigenvalue weighted by atomic mass is 10.7. The average molecular weight is 172 g/mol. The summed E-state index contributed by atoms with van der Waals surface area (Å²) in [7, 11) is 1.29. The summed E-state index contributed by atoms with van der Waals surface area (Å²) < 4.78 is 1.30. The molecule has 0 aliphatic carbocycles. The van der Waals surface area contributed by atoms with Gasteiger partial charge in [-0.05, 0) is 22.2 Å². The predicted octanol–water partition coefficient (Wildman–Crippen LogP) is -0.537. The van der Waals surface area contributed by atoms with Crippen LogP contribution in [-0.4, -0.2) is 32.2 Å². The van der Waals surface area contributed by atoms with E-state index in [1.165, 1.54) is 11.8 Å². The van der Waals surface area contributed by atoms with Crippen molar-refractivity contribution in [2.75, 3.05) is 7.11 Å². The first kappa shape index (κ1) is 8.37. The van der Waals surface area contributed by atoms with Gasteiger partial charge in [0.05, 0.1) is 0 Å². The van der Waals surface area contributed by atoms with Crippen molar-refractivity contribution in [1.29, 1.82) is 0 Å². The Hall–Kier alpha value is -1.73. The molecule has 0 bridgehead atoms. The monoisotopic (exact) mass is 172 g/mol. The van der Waals surface area contributed by atoms with Gasteiger partial charge in [-0.1, -0.05) is 0 Å². The van der Waals surface area contributed by atoms with Gasteiger partial charge in [-0.15, -0.1) is 5.10 Å². The number of nitrogens with zero attached hydrogens (tertiary/aromatic N) is 6. The number of aryl methyl sites for hydroxylation is 1. The maximum atomic E-state index is 10.8. The smallest absolute Gasteiger partial charge is 0.280 e. The van der Waals surface area contributed by atoms with Crippen LogP contribution in [-0.2, 0) is 11.5 Å². The predicted molar refractivity (Wildman–Crippen MR) is 35.6 cm³/mol. The van der Waals surface area contributed by atoms with Crippen molar-refractivity contribution in [3.8, 4) is 0 Å². The van der Waals surface area contributed by atoms with Gasteiger partial charge in [0.15, 0.2) is 5.82 Å². The van der Waals surface area contributed by atoms with Crippen LogP contribution < -0.4 is 0 Å². The molecule has 1 aromatic rings. The summed E-state index contributed by atoms with van der Waals surface area (Å²) in [5.74, 6) is 0.544. The highest BCUT2D eigenvalue weighted by Gasteiger charge is 2.04. The van der Waals surface area contributed by atoms with Gasteiger partial charge in [0, 0.05) is 0 Å². The Morgan fingerprint density at radius 1 is 1.75 bits per heavy atom. The first-order valence-electron chi connectivity index (χ1n) is 3.15. The first-order valence-corrected chi connectivity index (χ1v) is 3.15. The van der Waals surface area contributed by atoms with Gasteiger partial charge in [0.2, 0.25) is 5.28 Å². The van der Waals surface area contributed by atoms with Crippen molar-refractivity contribution in [3.63, 3.8) is 0 Å². The Morgan fingerprint density at radius 2 is 2.50 bits per heavy atom. The number of aromatic nitrogens is 4. The highest BCUT2D eigenvalue weighted by atomic mass is 16.7. The second-order valence-corrected chi connectivity index (χ2v) is 1.98. The van der Waals surface area contributed by atoms with Crippen molar-refractivity contribution in [2.24, 2.45) is 5.28 Å². The van der Waals surface area contributed by atoms with E-state index < -0.39 is 0 Å². The summed E-state index contributed by atoms with van der Waals surface area (Å²) in [6.07, 6.45) is 0. The van der Waals surface area contributed by atoms with E-state index in [0.717, 1.165) is 0 Å². The Morgan fingerprint density at radius 3 is 3.00 bits per heavy atom. The van der Waals surface area contributed by atoms with Crippen molar-refractivity contribution in [1.82, 2.24) is 20.2 Å². The summed E-state index contributed by atoms with van der Waals surface area (Å²) in [4.78, 5) is 4.59. The number of rotatable bonds is 3. The van der Waals surface area contributed by atoms with Crippen LogP contribution >= 0.6 is 0 Å². The summed E-state index contributed by atoms with van der Waals surface area (Å²) in [6, 6.07) is 0. The maximum Gasteiger partial charge on any atom is 0.280 e. The van der Waals surface area contributed by atoms with Gasteiger partial charge in [0.25, 0.3) is 6.67 Å². The minimum atomic E-state index is -0.0767. The van der Waals surface area contributed by atoms with Crippen molar-refractivity contribution in [2.45, 2.75) is 13.6 Å². The van der Waals surface area contributed by atoms with Crippen molar-refractivity contribution in [3.05, 3.63) is 11.0 Å². The molecule has 0 saturated carbocycles. The van der Waals surface area contributed by atoms with Crippen LogP contribution in [0.15, 0.2) is 5.28 Å². The van der Waals surface area contributed by atoms with E-state index in [1.807, 2.05) is 0 Å². The zero-order valence-electron chi connectivity index (χ0n) is 6.71. The van der Waals surface area contributed by atoms with E-state index in [4.69, 9.17) is 0 Å². The van der Waals surface area contributed by atoms with E-state index >= 15 is 0 Å². The van der Waals surface area contributed by atoms with Crippen LogP contribution in [0.2, 0.25) is 0 Å². The van der Waals surface area contributed by atoms with Crippen LogP contribution in [0, 0.1) is 12.1 Å². The first-order chi connectivity index (χ1) is 5.74. The Bertz CT molecular complexity index is 281. The summed E-state index contributed by atoms with van der Waals surface area (Å²) in [6.45, 7) is 1.60. The zero-order valence-corrected chi connectivity index (χ0v) is 6.71. The van der Waals surface area contributed by atoms with Crippen molar-refractivity contribution >= 4 is 0 Å². The number of hydrogen-bond acceptors (Lipinski definition) is 6. The molecule has 1 heterocycles. The van der Waals surface area contributed by atoms with Crippen LogP contribution in [0.1, 0.15) is 5.82 Å². The third kappa shape index (κ3) is 1.87. The fourth-order valence-corrected chi connectivity index (χ4v) is 0.611. The molecule has 12 heavy (non-hydrogen) atoms. The Labute approximate surface area is 68.0 Å². The highest BCUT2D eigenvalue weighted by Crippen LogP contribution is 1.89. The molecule has 0 saturated heterocycles. The Kier molecular flexibility index (Phi) is 2.51. The summed E-state index contributed by atoms with van der Waals surface area (Å²) >= 11 is 0. The third-order valence-electron chi connectivity index (χ3n) is 1.14. The number of hydrogen-bond donors (Lipinski definition) is 0. The van der Waals surface area contributed by atoms with Gasteiger partial charge in [0.1, 0.15) is 7.11 Å². The van der Waals surface area contributed by atoms with Gasteiger partial charge < -0.3 is 10.0 Å². The molecule has 0 atom stereocenters. The largest absolute Gasteiger partial charge is 0.596 e. The average Bonchev–Trinajstić information content (AvgIpc) is 2.37. The van der Waals surface area contributed by atoms with Gasteiger partial charge in [-0.25, -0.2) is 0 Å². The molecule has 0 aliphatic rings. The molecule has 66 valence electrons. The summed E-state index contributed by atoms with van der Waals surface area (Å²) in [5, 5.41) is 24.3. The molecule has 0 N–H and O–H groups in total. The zero-order chi connectivity index (χ0) is 8.97. The normalized spacial score (nSPS) is 11.7. The maximum absolute atomic E-state index is 10.8. The molecule has 1 aromatic heterocycles. The molecule has 0 amide bonds. The second kappa shape index (κ2) is 3.60. The minimum absolute atomic E-state index is 0.0767. The molecule has 0 aliphatic heterocycles. The molecule has 0 fully saturated rings. The Balaban J connectivity index is 2.64. The lowest BCUT2D eigenvalue weighted by molar-refractivity contribution is -0.588. The quantitative estimate of drug-likeness (QED) is 0.347. The van der Waals surface area contributed by atoms with Crippen LogP contribution in [0.3, 0.4) is 0 Å². The summed E-state index contributed by atoms with van der Waals surface area (Å²) in [5.41, 5.74) is 0. The van der Waals surface area contributed by atoms with Crippen LogP contribution in [0.4, 0.5) is 0 Å². The molecule has 0 radical (unpaired) electrons. The molecule has 1 rings (SSSR count). The fourth-order valence-electron chi connectivity index (χ4n) is 0.611. The molecule has 8 heteroatoms. The molecule has 8 nitrogen and oxygen atoms in total. The van der Waals surface area contributed by atoms with E-state index in [-0.39, 0.29) is 6.67 Å². The standard InChI is InChI=1S/C4H8N6O2/c1-4-5-6-7-9(4)3-10(11)8-12-2/h3H2,1-2H3. The fraction of sp³-hybridized carbons (Fsp3) is 0.750. The number of hydroxylamine groups is 1. The lowest BCUT2D eigenvalue weighted by Gasteiger charge is -1.98. The second-order valence-electron chi connectivity index (χ2n) is 1.98. The van der Waals surface area contributed by atoms with Gasteiger partial charge >= 0.3 is 0 Å². The van der Waals surface area contributed by atoms with E-state index in [0.29, 0.717) is 10.7 Å². The van der Waals surface area contributed by atoms with Crippen LogP contribution in [0.25, 0.3) is 0 Å². The lowest BCUT2D eigenvalue weighted by Crippen LogP contribution is -2.12. The SMILES string of the molecule is CON=[N+]([O-])Cn1nnnc1C. The van der Waals surface area contributed by atoms with Gasteiger partial charge in [-0.2, -0.15) is 4.68 Å². The van der Waals surface area contributed by atoms with E-state index in [2.05, 4.69) is 25.6 Å². The van der Waals surface area contributed by atoms with Crippen molar-refractivity contribution < 1.29 is 9.70 Å².